The summed E-state index contributed by atoms with van der Waals surface area (Å²) in [5.74, 6) is -0.412. The van der Waals surface area contributed by atoms with Crippen molar-refractivity contribution >= 4 is 38.4 Å². The predicted molar refractivity (Wildman–Crippen MR) is 83.6 cm³/mol. The van der Waals surface area contributed by atoms with E-state index in [9.17, 15) is 9.90 Å². The molecule has 18 heavy (non-hydrogen) atoms. The monoisotopic (exact) mass is 382 g/mol. The Kier molecular flexibility index (Phi) is 16.3. The number of carboxylic acids is 1. The topological polar surface area (TPSA) is 40.1 Å². The fraction of sp³-hybridized carbons (Fsp3) is 0.929. The van der Waals surface area contributed by atoms with Crippen LogP contribution < -0.4 is 5.11 Å². The van der Waals surface area contributed by atoms with E-state index in [0.717, 1.165) is 19.3 Å². The van der Waals surface area contributed by atoms with Gasteiger partial charge in [-0.25, -0.2) is 0 Å². The number of rotatable bonds is 8. The van der Waals surface area contributed by atoms with Gasteiger partial charge in [-0.15, -0.1) is 0 Å². The zero-order valence-electron chi connectivity index (χ0n) is 12.7. The number of hydrogen-bond donors (Lipinski definition) is 1. The van der Waals surface area contributed by atoms with Gasteiger partial charge in [-0.3, -0.25) is 0 Å². The van der Waals surface area contributed by atoms with E-state index in [4.69, 9.17) is 0 Å². The second kappa shape index (κ2) is 14.0. The van der Waals surface area contributed by atoms with Gasteiger partial charge in [0, 0.05) is 11.9 Å². The number of hydrogen-bond acceptors (Lipinski definition) is 3. The van der Waals surface area contributed by atoms with Crippen molar-refractivity contribution in [2.45, 2.75) is 60.8 Å². The van der Waals surface area contributed by atoms with Crippen LogP contribution in [0.25, 0.3) is 0 Å². The van der Waals surface area contributed by atoms with Gasteiger partial charge < -0.3 is 9.90 Å². The van der Waals surface area contributed by atoms with Crippen LogP contribution in [-0.4, -0.2) is 31.5 Å². The Morgan fingerprint density at radius 3 is 2.06 bits per heavy atom. The van der Waals surface area contributed by atoms with Gasteiger partial charge in [0.15, 0.2) is 0 Å². The van der Waals surface area contributed by atoms with E-state index >= 15 is 0 Å². The molecule has 0 saturated heterocycles. The molecule has 2 unspecified atom stereocenters. The first-order valence-electron chi connectivity index (χ1n) is 6.97. The second-order valence-electron chi connectivity index (χ2n) is 5.35. The van der Waals surface area contributed by atoms with Gasteiger partial charge in [-0.1, -0.05) is 39.5 Å². The molecule has 0 aromatic rings. The van der Waals surface area contributed by atoms with E-state index in [2.05, 4.69) is 41.3 Å². The first-order chi connectivity index (χ1) is 8.38. The van der Waals surface area contributed by atoms with Crippen molar-refractivity contribution in [2.75, 3.05) is 5.75 Å². The summed E-state index contributed by atoms with van der Waals surface area (Å²) in [6.45, 7) is 4.27. The van der Waals surface area contributed by atoms with Crippen molar-refractivity contribution in [3.63, 3.8) is 0 Å². The second-order valence-corrected chi connectivity index (χ2v) is 14.3. The third-order valence-electron chi connectivity index (χ3n) is 2.71. The molecule has 0 bridgehead atoms. The van der Waals surface area contributed by atoms with Gasteiger partial charge in [0.2, 0.25) is 0 Å². The van der Waals surface area contributed by atoms with Crippen molar-refractivity contribution in [3.05, 3.63) is 0 Å². The molecule has 2 nitrogen and oxygen atoms in total. The summed E-state index contributed by atoms with van der Waals surface area (Å²) in [7, 11) is 0. The molecule has 0 aliphatic heterocycles. The first-order valence-corrected chi connectivity index (χ1v) is 16.2. The van der Waals surface area contributed by atoms with Crippen LogP contribution in [0.15, 0.2) is 0 Å². The van der Waals surface area contributed by atoms with E-state index in [1.807, 2.05) is 0 Å². The van der Waals surface area contributed by atoms with Crippen molar-refractivity contribution in [3.8, 4) is 0 Å². The van der Waals surface area contributed by atoms with Gasteiger partial charge >= 0.3 is 34.6 Å². The first kappa shape index (κ1) is 20.9. The number of unbranched alkanes of at least 4 members (excludes halogenated alkanes) is 1. The third kappa shape index (κ3) is 14.7. The molecular formula is C14H30O2SSn. The molecule has 0 amide bonds. The number of carboxylic acid groups (broad SMARTS) is 1. The van der Waals surface area contributed by atoms with Crippen LogP contribution in [-0.2, 0) is 4.79 Å². The van der Waals surface area contributed by atoms with Gasteiger partial charge in [0.1, 0.15) is 0 Å². The van der Waals surface area contributed by atoms with E-state index in [1.54, 1.807) is 0 Å². The quantitative estimate of drug-likeness (QED) is 0.518. The normalized spacial score (nSPS) is 13.2. The molecule has 0 aromatic heterocycles. The minimum atomic E-state index is -0.949. The van der Waals surface area contributed by atoms with E-state index in [-0.39, 0.29) is 5.92 Å². The molecule has 0 aromatic carbocycles. The molecule has 108 valence electrons. The summed E-state index contributed by atoms with van der Waals surface area (Å²) in [6.07, 6.45) is 5.27. The van der Waals surface area contributed by atoms with Crippen molar-refractivity contribution in [2.24, 2.45) is 11.8 Å². The van der Waals surface area contributed by atoms with E-state index in [1.165, 1.54) is 12.8 Å². The van der Waals surface area contributed by atoms with Crippen molar-refractivity contribution in [1.29, 1.82) is 0 Å². The zero-order valence-corrected chi connectivity index (χ0v) is 16.4. The number of carbonyl (C=O) groups excluding carboxylic acids is 1. The zero-order chi connectivity index (χ0) is 14.6. The third-order valence-corrected chi connectivity index (χ3v) is 3.16. The van der Waals surface area contributed by atoms with Crippen LogP contribution in [0.5, 0.6) is 0 Å². The molecule has 0 spiro atoms. The van der Waals surface area contributed by atoms with Crippen molar-refractivity contribution < 1.29 is 9.90 Å². The van der Waals surface area contributed by atoms with Crippen LogP contribution in [0.3, 0.4) is 0 Å². The average molecular weight is 381 g/mol. The molecule has 0 N–H and O–H groups in total. The van der Waals surface area contributed by atoms with Crippen molar-refractivity contribution in [1.82, 2.24) is 0 Å². The van der Waals surface area contributed by atoms with E-state index < -0.39 is 25.7 Å². The van der Waals surface area contributed by atoms with Gasteiger partial charge in [-0.2, -0.15) is 12.6 Å². The molecule has 0 radical (unpaired) electrons. The van der Waals surface area contributed by atoms with Gasteiger partial charge in [-0.05, 0) is 18.1 Å². The summed E-state index contributed by atoms with van der Waals surface area (Å²) in [4.78, 5) is 17.8. The molecule has 0 saturated carbocycles. The Balaban J connectivity index is 0. The summed E-state index contributed by atoms with van der Waals surface area (Å²) in [6, 6.07) is 0. The molecule has 2 atom stereocenters. The molecule has 4 heteroatoms. The van der Waals surface area contributed by atoms with Crippen LogP contribution in [0.1, 0.15) is 46.0 Å². The fourth-order valence-corrected chi connectivity index (χ4v) is 1.93. The maximum absolute atomic E-state index is 10.7. The predicted octanol–water partition coefficient (Wildman–Crippen LogP) is 3.26. The Morgan fingerprint density at radius 1 is 1.28 bits per heavy atom. The molecule has 0 aliphatic rings. The van der Waals surface area contributed by atoms with Crippen LogP contribution in [0, 0.1) is 11.8 Å². The van der Waals surface area contributed by atoms with Gasteiger partial charge in [0.25, 0.3) is 0 Å². The van der Waals surface area contributed by atoms with Gasteiger partial charge in [0.05, 0.1) is 0 Å². The van der Waals surface area contributed by atoms with Crippen LogP contribution in [0.2, 0.25) is 14.8 Å². The fourth-order valence-electron chi connectivity index (χ4n) is 1.63. The summed E-state index contributed by atoms with van der Waals surface area (Å²) >= 11 is 3.50. The average Bonchev–Trinajstić information content (AvgIpc) is 2.28. The SMILES string of the molecule is CCCCC(CC)CC(CS)C(=O)[O-].[CH3][Sn+]([CH3])[CH3]. The minimum absolute atomic E-state index is 0.375. The molecule has 0 rings (SSSR count). The Morgan fingerprint density at radius 2 is 1.78 bits per heavy atom. The molecular weight excluding hydrogens is 351 g/mol. The van der Waals surface area contributed by atoms with Crippen LogP contribution >= 0.6 is 12.6 Å². The maximum atomic E-state index is 10.7. The number of aliphatic carboxylic acids is 1. The Hall–Kier alpha value is 0.619. The number of thiol groups is 1. The Labute approximate surface area is 126 Å². The Bertz CT molecular complexity index is 195. The molecule has 0 fully saturated rings. The summed E-state index contributed by atoms with van der Waals surface area (Å²) in [5.41, 5.74) is 0. The van der Waals surface area contributed by atoms with Crippen LogP contribution in [0.4, 0.5) is 0 Å². The molecule has 0 aliphatic carbocycles. The summed E-state index contributed by atoms with van der Waals surface area (Å²) < 4.78 is 0. The van der Waals surface area contributed by atoms with E-state index in [0.29, 0.717) is 11.7 Å². The summed E-state index contributed by atoms with van der Waals surface area (Å²) in [5, 5.41) is 10.7. The molecule has 0 heterocycles. The standard InChI is InChI=1S/C11H22O2S.3CH3.Sn/c1-3-5-6-9(4-2)7-10(8-14)11(12)13;;;;/h9-10,14H,3-8H2,1-2H3,(H,12,13);3*1H3;/q;;;;+1/p-1. The number of carbonyl (C=O) groups is 1.